The van der Waals surface area contributed by atoms with Crippen LogP contribution in [0.5, 0.6) is 0 Å². The third-order valence-corrected chi connectivity index (χ3v) is 2.44. The van der Waals surface area contributed by atoms with Crippen LogP contribution in [0, 0.1) is 11.3 Å². The largest absolute Gasteiger partial charge is 0.328 e. The average Bonchev–Trinajstić information content (AvgIpc) is 2.24. The molecule has 15 heavy (non-hydrogen) atoms. The first-order valence-electron chi connectivity index (χ1n) is 4.90. The molecule has 0 unspecified atom stereocenters. The maximum atomic E-state index is 11.9. The van der Waals surface area contributed by atoms with Crippen molar-refractivity contribution in [3.8, 4) is 0 Å². The average molecular weight is 220 g/mol. The van der Waals surface area contributed by atoms with Crippen LogP contribution in [0.1, 0.15) is 25.7 Å². The lowest BCUT2D eigenvalue weighted by Gasteiger charge is -2.24. The number of nitrogens with zero attached hydrogens (tertiary/aromatic N) is 1. The zero-order chi connectivity index (χ0) is 11.7. The van der Waals surface area contributed by atoms with Gasteiger partial charge in [-0.05, 0) is 25.7 Å². The van der Waals surface area contributed by atoms with Gasteiger partial charge in [0.05, 0.1) is 5.71 Å². The summed E-state index contributed by atoms with van der Waals surface area (Å²) >= 11 is 0. The van der Waals surface area contributed by atoms with E-state index in [1.807, 2.05) is 0 Å². The summed E-state index contributed by atoms with van der Waals surface area (Å²) in [4.78, 5) is 0. The van der Waals surface area contributed by atoms with Gasteiger partial charge in [0.25, 0.3) is 0 Å². The molecule has 4 nitrogen and oxygen atoms in total. The Bertz CT molecular complexity index is 200. The molecule has 5 N–H and O–H groups in total. The van der Waals surface area contributed by atoms with E-state index in [0.29, 0.717) is 0 Å². The molecule has 1 saturated carbocycles. The normalized spacial score (nSPS) is 26.5. The van der Waals surface area contributed by atoms with Crippen molar-refractivity contribution in [1.82, 2.24) is 0 Å². The smallest absolute Gasteiger partial charge is 0.138 e. The van der Waals surface area contributed by atoms with Crippen molar-refractivity contribution >= 4 is 11.9 Å². The minimum Gasteiger partial charge on any atom is -0.328 e. The molecule has 0 aromatic rings. The molecular weight excluding hydrogens is 202 g/mol. The Morgan fingerprint density at radius 1 is 1.40 bits per heavy atom. The Hall–Kier alpha value is -0.880. The van der Waals surface area contributed by atoms with Gasteiger partial charge in [0.15, 0.2) is 0 Å². The van der Waals surface area contributed by atoms with Crippen LogP contribution in [0.3, 0.4) is 0 Å². The van der Waals surface area contributed by atoms with Crippen molar-refractivity contribution < 1.29 is 8.87 Å². The molecule has 0 amide bonds. The summed E-state index contributed by atoms with van der Waals surface area (Å²) in [5.74, 6) is 0.118. The number of hydrogen-bond acceptors (Lipinski definition) is 4. The lowest BCUT2D eigenvalue weighted by Crippen LogP contribution is -2.30. The van der Waals surface area contributed by atoms with Crippen LogP contribution in [0.4, 0.5) is 8.87 Å². The summed E-state index contributed by atoms with van der Waals surface area (Å²) in [6.07, 6.45) is 4.55. The van der Waals surface area contributed by atoms with Gasteiger partial charge >= 0.3 is 0 Å². The molecule has 0 atom stereocenters. The molecule has 1 aliphatic rings. The Balaban J connectivity index is 0.000000583. The standard InChI is InChI=1S/C8H14FN3.CH4FN/c9-12-8(5-10)6-1-3-7(11)4-2-6;2-1-3/h5-7,10H,1-4,11H2;1,3H2/b10-5?,12-8+;. The van der Waals surface area contributed by atoms with Gasteiger partial charge in [-0.1, -0.05) is 9.70 Å². The van der Waals surface area contributed by atoms with E-state index in [4.69, 9.17) is 11.1 Å². The molecule has 1 aliphatic carbocycles. The van der Waals surface area contributed by atoms with E-state index in [0.717, 1.165) is 31.9 Å². The highest BCUT2D eigenvalue weighted by molar-refractivity contribution is 6.30. The summed E-state index contributed by atoms with van der Waals surface area (Å²) < 4.78 is 22.0. The molecule has 0 aliphatic heterocycles. The molecule has 1 rings (SSSR count). The monoisotopic (exact) mass is 220 g/mol. The van der Waals surface area contributed by atoms with Crippen LogP contribution in [0.25, 0.3) is 0 Å². The van der Waals surface area contributed by atoms with Crippen LogP contribution < -0.4 is 11.5 Å². The lowest BCUT2D eigenvalue weighted by molar-refractivity contribution is 0.387. The topological polar surface area (TPSA) is 88.2 Å². The number of nitrogens with one attached hydrogen (secondary N) is 1. The third-order valence-electron chi connectivity index (χ3n) is 2.44. The number of halogens is 2. The van der Waals surface area contributed by atoms with Gasteiger partial charge in [-0.3, -0.25) is 0 Å². The fraction of sp³-hybridized carbons (Fsp3) is 0.778. The molecule has 0 saturated heterocycles. The molecule has 6 heteroatoms. The summed E-state index contributed by atoms with van der Waals surface area (Å²) in [6, 6.07) is 0.257. The Morgan fingerprint density at radius 2 is 1.87 bits per heavy atom. The lowest BCUT2D eigenvalue weighted by atomic mass is 9.84. The van der Waals surface area contributed by atoms with Gasteiger partial charge in [0.2, 0.25) is 0 Å². The quantitative estimate of drug-likeness (QED) is 0.484. The van der Waals surface area contributed by atoms with Gasteiger partial charge in [-0.15, -0.1) is 0 Å². The van der Waals surface area contributed by atoms with Gasteiger partial charge in [-0.2, -0.15) is 0 Å². The molecule has 0 spiro atoms. The number of hydrogen-bond donors (Lipinski definition) is 3. The van der Waals surface area contributed by atoms with E-state index in [9.17, 15) is 8.87 Å². The zero-order valence-corrected chi connectivity index (χ0v) is 8.63. The SMILES string of the molecule is N=C/C(=N\F)C1CCC(N)CC1.NCF. The maximum absolute atomic E-state index is 11.9. The Labute approximate surface area is 88.2 Å². The minimum atomic E-state index is -0.750. The minimum absolute atomic E-state index is 0.118. The van der Waals surface area contributed by atoms with Gasteiger partial charge in [0, 0.05) is 18.2 Å². The Kier molecular flexibility index (Phi) is 7.94. The molecular formula is C9H18F2N4. The second-order valence-electron chi connectivity index (χ2n) is 3.42. The number of rotatable bonds is 2. The summed E-state index contributed by atoms with van der Waals surface area (Å²) in [7, 11) is 0. The van der Waals surface area contributed by atoms with Crippen molar-refractivity contribution in [2.75, 3.05) is 6.80 Å². The van der Waals surface area contributed by atoms with E-state index < -0.39 is 6.80 Å². The van der Waals surface area contributed by atoms with E-state index in [-0.39, 0.29) is 17.7 Å². The fourth-order valence-electron chi connectivity index (χ4n) is 1.63. The Morgan fingerprint density at radius 3 is 2.20 bits per heavy atom. The first-order chi connectivity index (χ1) is 7.19. The van der Waals surface area contributed by atoms with Crippen molar-refractivity contribution in [2.24, 2.45) is 22.6 Å². The van der Waals surface area contributed by atoms with Crippen molar-refractivity contribution in [3.63, 3.8) is 0 Å². The highest BCUT2D eigenvalue weighted by Crippen LogP contribution is 2.23. The van der Waals surface area contributed by atoms with Crippen LogP contribution in [-0.4, -0.2) is 24.8 Å². The molecule has 1 fully saturated rings. The van der Waals surface area contributed by atoms with Crippen molar-refractivity contribution in [2.45, 2.75) is 31.7 Å². The summed E-state index contributed by atoms with van der Waals surface area (Å²) in [5.41, 5.74) is 10.1. The zero-order valence-electron chi connectivity index (χ0n) is 8.63. The van der Waals surface area contributed by atoms with E-state index in [2.05, 4.69) is 10.9 Å². The van der Waals surface area contributed by atoms with Crippen LogP contribution in [-0.2, 0) is 0 Å². The van der Waals surface area contributed by atoms with E-state index in [1.165, 1.54) is 0 Å². The van der Waals surface area contributed by atoms with Crippen LogP contribution in [0.15, 0.2) is 5.21 Å². The predicted molar refractivity (Wildman–Crippen MR) is 57.4 cm³/mol. The summed E-state index contributed by atoms with van der Waals surface area (Å²) in [5, 5.41) is 9.51. The number of nitrogens with two attached hydrogens (primary N) is 2. The van der Waals surface area contributed by atoms with E-state index in [1.54, 1.807) is 0 Å². The fourth-order valence-corrected chi connectivity index (χ4v) is 1.63. The van der Waals surface area contributed by atoms with Crippen molar-refractivity contribution in [1.29, 1.82) is 5.41 Å². The van der Waals surface area contributed by atoms with Crippen molar-refractivity contribution in [3.05, 3.63) is 0 Å². The van der Waals surface area contributed by atoms with Gasteiger partial charge < -0.3 is 16.9 Å². The second kappa shape index (κ2) is 8.43. The molecule has 0 aromatic carbocycles. The van der Waals surface area contributed by atoms with Crippen LogP contribution in [0.2, 0.25) is 0 Å². The first kappa shape index (κ1) is 14.1. The van der Waals surface area contributed by atoms with Crippen LogP contribution >= 0.6 is 0 Å². The molecule has 0 aromatic heterocycles. The number of alkyl halides is 1. The predicted octanol–water partition coefficient (Wildman–Crippen LogP) is 1.35. The molecule has 88 valence electrons. The molecule has 0 radical (unpaired) electrons. The highest BCUT2D eigenvalue weighted by atomic mass is 19.2. The molecule has 0 bridgehead atoms. The third kappa shape index (κ3) is 5.54. The molecule has 0 heterocycles. The second-order valence-corrected chi connectivity index (χ2v) is 3.42. The van der Waals surface area contributed by atoms with Gasteiger partial charge in [-0.25, -0.2) is 4.39 Å². The highest BCUT2D eigenvalue weighted by Gasteiger charge is 2.21. The summed E-state index contributed by atoms with van der Waals surface area (Å²) in [6.45, 7) is -0.750. The maximum Gasteiger partial charge on any atom is 0.138 e. The first-order valence-corrected chi connectivity index (χ1v) is 4.90. The van der Waals surface area contributed by atoms with E-state index >= 15 is 0 Å². The van der Waals surface area contributed by atoms with Gasteiger partial charge in [0.1, 0.15) is 6.80 Å².